The predicted molar refractivity (Wildman–Crippen MR) is 243 cm³/mol. The maximum atomic E-state index is 5.16. The largest absolute Gasteiger partial charge is 0.255 e. The van der Waals surface area contributed by atoms with Gasteiger partial charge >= 0.3 is 0 Å². The normalized spacial score (nSPS) is 12.0. The van der Waals surface area contributed by atoms with Gasteiger partial charge in [0.2, 0.25) is 0 Å². The van der Waals surface area contributed by atoms with E-state index in [-0.39, 0.29) is 0 Å². The first kappa shape index (κ1) is 45.4. The first-order chi connectivity index (χ1) is 26.5. The van der Waals surface area contributed by atoms with E-state index >= 15 is 0 Å². The molecule has 3 aromatic carbocycles. The molecule has 0 aliphatic carbocycles. The topological polar surface area (TPSA) is 24.7 Å². The van der Waals surface area contributed by atoms with E-state index < -0.39 is 0 Å². The summed E-state index contributed by atoms with van der Waals surface area (Å²) in [6.45, 7) is 13.7. The molecule has 0 fully saturated rings. The Morgan fingerprint density at radius 2 is 0.926 bits per heavy atom. The highest BCUT2D eigenvalue weighted by Gasteiger charge is 2.14. The molecule has 0 saturated carbocycles. The summed E-state index contributed by atoms with van der Waals surface area (Å²) in [6.07, 6.45) is 35.8. The Kier molecular flexibility index (Phi) is 23.9. The first-order valence-electron chi connectivity index (χ1n) is 22.9. The van der Waals surface area contributed by atoms with Crippen LogP contribution in [0.2, 0.25) is 0 Å². The average Bonchev–Trinajstić information content (AvgIpc) is 3.18. The van der Waals surface area contributed by atoms with E-state index in [9.17, 15) is 0 Å². The molecule has 0 saturated heterocycles. The van der Waals surface area contributed by atoms with Crippen LogP contribution in [-0.2, 0) is 25.7 Å². The van der Waals surface area contributed by atoms with Gasteiger partial charge < -0.3 is 0 Å². The zero-order valence-electron chi connectivity index (χ0n) is 36.1. The molecule has 3 aromatic rings. The molecule has 0 unspecified atom stereocenters. The summed E-state index contributed by atoms with van der Waals surface area (Å²) in [4.78, 5) is 10.3. The van der Waals surface area contributed by atoms with Crippen LogP contribution in [0, 0.1) is 6.92 Å². The fourth-order valence-corrected chi connectivity index (χ4v) is 8.10. The summed E-state index contributed by atoms with van der Waals surface area (Å²) < 4.78 is 0. The Bertz CT molecular complexity index is 1480. The van der Waals surface area contributed by atoms with Crippen molar-refractivity contribution < 1.29 is 0 Å². The number of aliphatic imine (C=N–C) groups is 2. The van der Waals surface area contributed by atoms with Crippen molar-refractivity contribution in [3.05, 3.63) is 82.4 Å². The van der Waals surface area contributed by atoms with Crippen LogP contribution < -0.4 is 0 Å². The summed E-state index contributed by atoms with van der Waals surface area (Å²) in [5.74, 6) is 0. The summed E-state index contributed by atoms with van der Waals surface area (Å²) in [5.41, 5.74) is 13.4. The molecule has 2 heteroatoms. The summed E-state index contributed by atoms with van der Waals surface area (Å²) in [7, 11) is 0. The number of hydrogen-bond donors (Lipinski definition) is 0. The molecule has 0 aliphatic rings. The van der Waals surface area contributed by atoms with Crippen LogP contribution in [-0.4, -0.2) is 11.9 Å². The lowest BCUT2D eigenvalue weighted by Crippen LogP contribution is -2.01. The molecule has 3 rings (SSSR count). The van der Waals surface area contributed by atoms with Crippen molar-refractivity contribution in [2.24, 2.45) is 9.98 Å². The lowest BCUT2D eigenvalue weighted by atomic mass is 9.88. The Hall–Kier alpha value is -3.00. The molecule has 0 aliphatic heterocycles. The molecule has 0 amide bonds. The molecule has 54 heavy (non-hydrogen) atoms. The highest BCUT2D eigenvalue weighted by molar-refractivity contribution is 6.30. The Labute approximate surface area is 334 Å². The number of hydrogen-bond acceptors (Lipinski definition) is 2. The van der Waals surface area contributed by atoms with Crippen LogP contribution in [0.3, 0.4) is 0 Å². The van der Waals surface area contributed by atoms with E-state index in [0.29, 0.717) is 0 Å². The fourth-order valence-electron chi connectivity index (χ4n) is 8.10. The standard InChI is InChI=1S/C52H80N2/c1-7-11-15-19-22-27-34-46-40-49(38-43(5)50(46)36-30-23-20-16-12-8-2)54-44(6)42-53-48-39-47(35-26-18-14-10-4)51(37-31-24-21-17-13-9-3)52(41-48)45-32-28-25-29-33-45/h25,28-29,32-33,38-42H,7-24,26-27,30-31,34-37H2,1-6H3. The van der Waals surface area contributed by atoms with Gasteiger partial charge in [-0.3, -0.25) is 9.98 Å². The number of unbranched alkanes of at least 4 members (excludes halogenated alkanes) is 18. The maximum absolute atomic E-state index is 5.16. The van der Waals surface area contributed by atoms with Gasteiger partial charge in [-0.05, 0) is 128 Å². The lowest BCUT2D eigenvalue weighted by Gasteiger charge is -2.17. The van der Waals surface area contributed by atoms with Gasteiger partial charge in [0.05, 0.1) is 17.1 Å². The quantitative estimate of drug-likeness (QED) is 0.0482. The molecular weight excluding hydrogens is 653 g/mol. The van der Waals surface area contributed by atoms with Crippen molar-refractivity contribution >= 4 is 23.3 Å². The lowest BCUT2D eigenvalue weighted by molar-refractivity contribution is 0.598. The summed E-state index contributed by atoms with van der Waals surface area (Å²) in [5, 5.41) is 0. The monoisotopic (exact) mass is 733 g/mol. The van der Waals surface area contributed by atoms with E-state index in [1.807, 2.05) is 6.21 Å². The molecular formula is C52H80N2. The SMILES string of the molecule is CCCCCCCCc1cc(N=C(C)C=Nc2cc(CCCCCC)c(CCCCCCCC)c(-c3ccccc3)c2)cc(C)c1CCCCCCCC. The molecule has 2 nitrogen and oxygen atoms in total. The van der Waals surface area contributed by atoms with Gasteiger partial charge in [-0.15, -0.1) is 0 Å². The summed E-state index contributed by atoms with van der Waals surface area (Å²) in [6, 6.07) is 20.5. The molecule has 0 N–H and O–H groups in total. The highest BCUT2D eigenvalue weighted by atomic mass is 14.8. The molecule has 0 bridgehead atoms. The molecule has 0 aromatic heterocycles. The van der Waals surface area contributed by atoms with E-state index in [0.717, 1.165) is 29.9 Å². The van der Waals surface area contributed by atoms with Crippen molar-refractivity contribution in [3.8, 4) is 11.1 Å². The van der Waals surface area contributed by atoms with Crippen LogP contribution in [0.1, 0.15) is 204 Å². The molecule has 0 heterocycles. The van der Waals surface area contributed by atoms with Crippen molar-refractivity contribution in [2.45, 2.75) is 208 Å². The van der Waals surface area contributed by atoms with Crippen molar-refractivity contribution in [2.75, 3.05) is 0 Å². The molecule has 298 valence electrons. The number of nitrogens with zero attached hydrogens (tertiary/aromatic N) is 2. The number of rotatable bonds is 30. The van der Waals surface area contributed by atoms with Crippen molar-refractivity contribution in [1.82, 2.24) is 0 Å². The second kappa shape index (κ2) is 28.4. The van der Waals surface area contributed by atoms with Gasteiger partial charge in [0.1, 0.15) is 0 Å². The average molecular weight is 733 g/mol. The fraction of sp³-hybridized carbons (Fsp3) is 0.615. The molecule has 0 radical (unpaired) electrons. The zero-order valence-corrected chi connectivity index (χ0v) is 36.1. The second-order valence-corrected chi connectivity index (χ2v) is 16.3. The maximum Gasteiger partial charge on any atom is 0.0639 e. The predicted octanol–water partition coefficient (Wildman–Crippen LogP) is 17.0. The van der Waals surface area contributed by atoms with Crippen LogP contribution in [0.15, 0.2) is 64.6 Å². The van der Waals surface area contributed by atoms with Gasteiger partial charge in [0.15, 0.2) is 0 Å². The number of aryl methyl sites for hydroxylation is 3. The van der Waals surface area contributed by atoms with Crippen molar-refractivity contribution in [1.29, 1.82) is 0 Å². The van der Waals surface area contributed by atoms with Crippen LogP contribution >= 0.6 is 0 Å². The third-order valence-corrected chi connectivity index (χ3v) is 11.3. The van der Waals surface area contributed by atoms with Crippen LogP contribution in [0.25, 0.3) is 11.1 Å². The van der Waals surface area contributed by atoms with Gasteiger partial charge in [-0.2, -0.15) is 0 Å². The van der Waals surface area contributed by atoms with Gasteiger partial charge in [0.25, 0.3) is 0 Å². The minimum Gasteiger partial charge on any atom is -0.255 e. The Morgan fingerprint density at radius 3 is 1.48 bits per heavy atom. The summed E-state index contributed by atoms with van der Waals surface area (Å²) >= 11 is 0. The van der Waals surface area contributed by atoms with Crippen LogP contribution in [0.4, 0.5) is 11.4 Å². The third kappa shape index (κ3) is 17.6. The van der Waals surface area contributed by atoms with Gasteiger partial charge in [0, 0.05) is 6.21 Å². The minimum absolute atomic E-state index is 0.963. The molecule has 0 atom stereocenters. The van der Waals surface area contributed by atoms with E-state index in [4.69, 9.17) is 9.98 Å². The number of benzene rings is 3. The smallest absolute Gasteiger partial charge is 0.0639 e. The minimum atomic E-state index is 0.963. The van der Waals surface area contributed by atoms with Gasteiger partial charge in [-0.25, -0.2) is 0 Å². The highest BCUT2D eigenvalue weighted by Crippen LogP contribution is 2.34. The van der Waals surface area contributed by atoms with Crippen molar-refractivity contribution in [3.63, 3.8) is 0 Å². The Morgan fingerprint density at radius 1 is 0.481 bits per heavy atom. The van der Waals surface area contributed by atoms with E-state index in [1.54, 1.807) is 11.1 Å². The van der Waals surface area contributed by atoms with Crippen LogP contribution in [0.5, 0.6) is 0 Å². The second-order valence-electron chi connectivity index (χ2n) is 16.3. The third-order valence-electron chi connectivity index (χ3n) is 11.3. The zero-order chi connectivity index (χ0) is 38.6. The molecule has 0 spiro atoms. The first-order valence-corrected chi connectivity index (χ1v) is 22.9. The van der Waals surface area contributed by atoms with E-state index in [2.05, 4.69) is 96.1 Å². The van der Waals surface area contributed by atoms with E-state index in [1.165, 1.54) is 182 Å². The Balaban J connectivity index is 1.88. The van der Waals surface area contributed by atoms with Gasteiger partial charge in [-0.1, -0.05) is 174 Å².